The smallest absolute Gasteiger partial charge is 0.135 e. The van der Waals surface area contributed by atoms with Gasteiger partial charge >= 0.3 is 0 Å². The topological polar surface area (TPSA) is 33.5 Å². The molecule has 10 rings (SSSR count). The second-order valence-corrected chi connectivity index (χ2v) is 22.7. The van der Waals surface area contributed by atoms with E-state index in [9.17, 15) is 0 Å². The Morgan fingerprint density at radius 3 is 1.89 bits per heavy atom. The van der Waals surface area contributed by atoms with Gasteiger partial charge in [0.1, 0.15) is 5.82 Å². The van der Waals surface area contributed by atoms with E-state index in [4.69, 9.17) is 9.72 Å². The number of pyridine rings is 1. The number of para-hydroxylation sites is 1. The summed E-state index contributed by atoms with van der Waals surface area (Å²) >= 11 is 0. The average Bonchev–Trinajstić information content (AvgIpc) is 3.96. The summed E-state index contributed by atoms with van der Waals surface area (Å²) in [7, 11) is 0. The van der Waals surface area contributed by atoms with Crippen LogP contribution in [0.4, 0.5) is 11.4 Å². The molecule has 0 saturated heterocycles. The van der Waals surface area contributed by atoms with Crippen LogP contribution in [0.25, 0.3) is 44.4 Å². The second-order valence-electron chi connectivity index (χ2n) is 22.7. The van der Waals surface area contributed by atoms with Gasteiger partial charge < -0.3 is 19.1 Å². The summed E-state index contributed by atoms with van der Waals surface area (Å²) in [4.78, 5) is 9.61. The first-order valence-corrected chi connectivity index (χ1v) is 25.6. The third kappa shape index (κ3) is 9.94. The van der Waals surface area contributed by atoms with E-state index in [1.165, 1.54) is 44.5 Å². The van der Waals surface area contributed by atoms with E-state index in [1.54, 1.807) is 0 Å². The fourth-order valence-electron chi connectivity index (χ4n) is 10.3. The molecule has 0 unspecified atom stereocenters. The number of ether oxygens (including phenoxy) is 1. The van der Waals surface area contributed by atoms with Crippen molar-refractivity contribution in [3.8, 4) is 28.4 Å². The summed E-state index contributed by atoms with van der Waals surface area (Å²) in [5, 5.41) is 2.27. The van der Waals surface area contributed by atoms with E-state index in [2.05, 4.69) is 274 Å². The van der Waals surface area contributed by atoms with E-state index in [0.717, 1.165) is 50.3 Å². The molecule has 0 atom stereocenters. The minimum absolute atomic E-state index is 0. The van der Waals surface area contributed by atoms with Crippen molar-refractivity contribution in [3.63, 3.8) is 0 Å². The molecule has 2 aromatic heterocycles. The van der Waals surface area contributed by atoms with Gasteiger partial charge in [-0.25, -0.2) is 4.98 Å². The molecule has 1 aliphatic heterocycles. The molecule has 0 aliphatic carbocycles. The molecule has 6 heteroatoms. The number of nitrogens with zero attached hydrogens (tertiary/aromatic N) is 4. The number of benzene rings is 7. The van der Waals surface area contributed by atoms with Crippen LogP contribution in [-0.4, -0.2) is 9.55 Å². The maximum absolute atomic E-state index is 7.05. The van der Waals surface area contributed by atoms with Crippen molar-refractivity contribution in [1.29, 1.82) is 0 Å². The number of aromatic nitrogens is 2. The fraction of sp³-hybridized carbons (Fsp3) is 0.254. The zero-order chi connectivity index (χ0) is 50.7. The standard InChI is InChI=1S/C67H67N4O.Pt/c1-44(2)55-30-22-31-56(45(3)4)63(55)61-42-69(43-70(61)52-36-47(46-23-15-13-16-24-46)35-50(37-52)66(8,9)10)51-27-21-28-53(39-51)72-54-40-58(67(11,12)48-25-17-14-18-26-48)64-57-29-19-20-32-59(57)71(60(64)41-54)62-38-49(33-34-68-62)65(5,6)7;/h13-38,40,42-45H,1-12H3;/q-3;. The van der Waals surface area contributed by atoms with Gasteiger partial charge in [-0.15, -0.1) is 48.3 Å². The Morgan fingerprint density at radius 1 is 0.575 bits per heavy atom. The zero-order valence-electron chi connectivity index (χ0n) is 44.4. The molecule has 0 amide bonds. The molecule has 374 valence electrons. The summed E-state index contributed by atoms with van der Waals surface area (Å²) in [5.41, 5.74) is 15.6. The summed E-state index contributed by atoms with van der Waals surface area (Å²) in [6, 6.07) is 64.2. The minimum atomic E-state index is -0.408. The van der Waals surface area contributed by atoms with Crippen LogP contribution >= 0.6 is 0 Å². The Labute approximate surface area is 448 Å². The first kappa shape index (κ1) is 51.2. The van der Waals surface area contributed by atoms with Crippen molar-refractivity contribution in [2.75, 3.05) is 9.80 Å². The van der Waals surface area contributed by atoms with Crippen LogP contribution in [-0.2, 0) is 37.3 Å². The Kier molecular flexibility index (Phi) is 14.0. The summed E-state index contributed by atoms with van der Waals surface area (Å²) in [6.45, 7) is 29.6. The van der Waals surface area contributed by atoms with Gasteiger partial charge in [0.25, 0.3) is 0 Å². The fourth-order valence-corrected chi connectivity index (χ4v) is 10.3. The molecule has 9 aromatic rings. The van der Waals surface area contributed by atoms with Crippen LogP contribution in [0, 0.1) is 18.8 Å². The second kappa shape index (κ2) is 20.0. The van der Waals surface area contributed by atoms with Crippen LogP contribution in [0.3, 0.4) is 0 Å². The molecule has 0 spiro atoms. The Bertz CT molecular complexity index is 3450. The molecule has 1 aliphatic rings. The van der Waals surface area contributed by atoms with Crippen LogP contribution in [0.5, 0.6) is 11.5 Å². The third-order valence-corrected chi connectivity index (χ3v) is 14.5. The molecule has 7 aromatic carbocycles. The Balaban J connectivity index is 0.00000656. The minimum Gasteiger partial charge on any atom is -0.509 e. The van der Waals surface area contributed by atoms with Crippen LogP contribution in [0.15, 0.2) is 170 Å². The van der Waals surface area contributed by atoms with Crippen LogP contribution in [0.2, 0.25) is 0 Å². The molecule has 0 fully saturated rings. The van der Waals surface area contributed by atoms with Gasteiger partial charge in [-0.1, -0.05) is 197 Å². The maximum atomic E-state index is 7.05. The van der Waals surface area contributed by atoms with Crippen molar-refractivity contribution < 1.29 is 25.8 Å². The number of hydrogen-bond donors (Lipinski definition) is 0. The number of fused-ring (bicyclic) bond motifs is 3. The van der Waals surface area contributed by atoms with Gasteiger partial charge in [0.15, 0.2) is 0 Å². The van der Waals surface area contributed by atoms with Gasteiger partial charge in [0.05, 0.1) is 0 Å². The van der Waals surface area contributed by atoms with E-state index < -0.39 is 5.41 Å². The molecule has 3 heterocycles. The van der Waals surface area contributed by atoms with Gasteiger partial charge in [0, 0.05) is 61.2 Å². The number of hydrogen-bond acceptors (Lipinski definition) is 4. The predicted molar refractivity (Wildman–Crippen MR) is 302 cm³/mol. The van der Waals surface area contributed by atoms with Crippen molar-refractivity contribution >= 4 is 38.9 Å². The van der Waals surface area contributed by atoms with Gasteiger partial charge in [-0.3, -0.25) is 0 Å². The van der Waals surface area contributed by atoms with Crippen molar-refractivity contribution in [2.24, 2.45) is 0 Å². The van der Waals surface area contributed by atoms with Crippen molar-refractivity contribution in [2.45, 2.75) is 111 Å². The predicted octanol–water partition coefficient (Wildman–Crippen LogP) is 17.8. The van der Waals surface area contributed by atoms with Crippen LogP contribution < -0.4 is 14.5 Å². The summed E-state index contributed by atoms with van der Waals surface area (Å²) in [6.07, 6.45) is 4.21. The van der Waals surface area contributed by atoms with E-state index in [0.29, 0.717) is 23.3 Å². The molecule has 0 N–H and O–H groups in total. The zero-order valence-corrected chi connectivity index (χ0v) is 46.7. The van der Waals surface area contributed by atoms with E-state index >= 15 is 0 Å². The summed E-state index contributed by atoms with van der Waals surface area (Å²) < 4.78 is 9.31. The van der Waals surface area contributed by atoms with Crippen molar-refractivity contribution in [1.82, 2.24) is 9.55 Å². The van der Waals surface area contributed by atoms with Crippen LogP contribution in [0.1, 0.15) is 134 Å². The molecular formula is C67H67N4OPt-3. The summed E-state index contributed by atoms with van der Waals surface area (Å²) in [5.74, 6) is 2.66. The molecule has 0 bridgehead atoms. The van der Waals surface area contributed by atoms with Gasteiger partial charge in [0.2, 0.25) is 0 Å². The molecular weight excluding hydrogens is 1070 g/mol. The van der Waals surface area contributed by atoms with Gasteiger partial charge in [-0.05, 0) is 109 Å². The third-order valence-electron chi connectivity index (χ3n) is 14.5. The molecule has 0 radical (unpaired) electrons. The number of rotatable bonds is 11. The largest absolute Gasteiger partial charge is 0.509 e. The normalized spacial score (nSPS) is 13.3. The first-order valence-electron chi connectivity index (χ1n) is 25.6. The van der Waals surface area contributed by atoms with E-state index in [-0.39, 0.29) is 31.9 Å². The maximum Gasteiger partial charge on any atom is 0.135 e. The SMILES string of the molecule is CC(C)c1cccc(C(C)C)c1C1=CN(c2[c-]c(Oc3[c-]c4c(c(C(C)(C)c5ccccc5)c3)c3ccccc3n4-c3cc(C(C)(C)C)ccn3)ccc2)[CH-]N1c1cc(-c2ccccc2)cc(C(C)(C)C)c1.[Pt]. The molecule has 0 saturated carbocycles. The van der Waals surface area contributed by atoms with Gasteiger partial charge in [-0.2, -0.15) is 6.07 Å². The number of anilines is 2. The average molecular weight is 1140 g/mol. The van der Waals surface area contributed by atoms with E-state index in [1.807, 2.05) is 12.3 Å². The monoisotopic (exact) mass is 1140 g/mol. The first-order chi connectivity index (χ1) is 34.4. The Hall–Kier alpha value is -6.68. The van der Waals surface area contributed by atoms with Crippen molar-refractivity contribution in [3.05, 3.63) is 228 Å². The Morgan fingerprint density at radius 2 is 1.22 bits per heavy atom. The molecule has 5 nitrogen and oxygen atoms in total. The molecule has 73 heavy (non-hydrogen) atoms. The quantitative estimate of drug-likeness (QED) is 0.121.